The van der Waals surface area contributed by atoms with E-state index in [4.69, 9.17) is 9.88 Å². The van der Waals surface area contributed by atoms with Gasteiger partial charge in [-0.1, -0.05) is 6.92 Å². The van der Waals surface area contributed by atoms with E-state index in [2.05, 4.69) is 0 Å². The van der Waals surface area contributed by atoms with Crippen LogP contribution in [0.4, 0.5) is 5.69 Å². The summed E-state index contributed by atoms with van der Waals surface area (Å²) in [5, 5.41) is 5.13. The van der Waals surface area contributed by atoms with Crippen molar-refractivity contribution in [3.05, 3.63) is 23.8 Å². The maximum atomic E-state index is 12.6. The van der Waals surface area contributed by atoms with E-state index in [1.807, 2.05) is 6.92 Å². The number of nitrogens with zero attached hydrogens (tertiary/aromatic N) is 1. The maximum Gasteiger partial charge on any atom is 0.258 e. The van der Waals surface area contributed by atoms with Crippen LogP contribution in [0.25, 0.3) is 0 Å². The first-order valence-corrected chi connectivity index (χ1v) is 8.30. The topological polar surface area (TPSA) is 89.7 Å². The van der Waals surface area contributed by atoms with Gasteiger partial charge in [-0.15, -0.1) is 0 Å². The number of carbonyl (C=O) groups is 1. The minimum Gasteiger partial charge on any atom is -0.369 e. The molecular weight excluding hydrogens is 292 g/mol. The van der Waals surface area contributed by atoms with Crippen molar-refractivity contribution in [1.82, 2.24) is 0 Å². The molecule has 0 saturated heterocycles. The number of hydrogen-bond acceptors (Lipinski definition) is 4. The molecule has 0 saturated carbocycles. The zero-order valence-electron chi connectivity index (χ0n) is 12.4. The van der Waals surface area contributed by atoms with Crippen molar-refractivity contribution >= 4 is 21.6 Å². The van der Waals surface area contributed by atoms with Crippen LogP contribution in [0.1, 0.15) is 25.8 Å². The van der Waals surface area contributed by atoms with E-state index < -0.39 is 15.6 Å². The standard InChI is InChI=1S/C14H20N2O4S/c1-4-14(2,20-3)13(17)16-8-7-10-9-11(21(15,18)19)5-6-12(10)16/h5-6,9H,4,7-8H2,1-3H3,(H2,15,18,19). The molecule has 0 aliphatic carbocycles. The van der Waals surface area contributed by atoms with Crippen molar-refractivity contribution in [3.63, 3.8) is 0 Å². The van der Waals surface area contributed by atoms with E-state index in [-0.39, 0.29) is 10.8 Å². The van der Waals surface area contributed by atoms with Gasteiger partial charge in [0.15, 0.2) is 0 Å². The zero-order chi connectivity index (χ0) is 15.8. The number of fused-ring (bicyclic) bond motifs is 1. The number of nitrogens with two attached hydrogens (primary N) is 1. The molecule has 116 valence electrons. The third-order valence-electron chi connectivity index (χ3n) is 4.10. The van der Waals surface area contributed by atoms with Gasteiger partial charge < -0.3 is 9.64 Å². The number of sulfonamides is 1. The number of methoxy groups -OCH3 is 1. The lowest BCUT2D eigenvalue weighted by atomic mass is 10.0. The van der Waals surface area contributed by atoms with E-state index in [9.17, 15) is 13.2 Å². The highest BCUT2D eigenvalue weighted by atomic mass is 32.2. The highest BCUT2D eigenvalue weighted by molar-refractivity contribution is 7.89. The first-order chi connectivity index (χ1) is 9.73. The van der Waals surface area contributed by atoms with Gasteiger partial charge in [-0.3, -0.25) is 4.79 Å². The molecule has 1 unspecified atom stereocenters. The van der Waals surface area contributed by atoms with Gasteiger partial charge in [0.25, 0.3) is 5.91 Å². The number of amides is 1. The maximum absolute atomic E-state index is 12.6. The molecule has 0 bridgehead atoms. The van der Waals surface area contributed by atoms with Gasteiger partial charge in [0.05, 0.1) is 4.90 Å². The Morgan fingerprint density at radius 2 is 2.14 bits per heavy atom. The van der Waals surface area contributed by atoms with Crippen molar-refractivity contribution < 1.29 is 17.9 Å². The van der Waals surface area contributed by atoms with Crippen LogP contribution in [0.2, 0.25) is 0 Å². The molecule has 1 amide bonds. The average Bonchev–Trinajstić information content (AvgIpc) is 2.87. The van der Waals surface area contributed by atoms with Gasteiger partial charge in [0.2, 0.25) is 10.0 Å². The van der Waals surface area contributed by atoms with Gasteiger partial charge in [-0.05, 0) is 43.5 Å². The molecule has 1 aliphatic rings. The summed E-state index contributed by atoms with van der Waals surface area (Å²) in [4.78, 5) is 14.3. The SMILES string of the molecule is CCC(C)(OC)C(=O)N1CCc2cc(S(N)(=O)=O)ccc21. The molecule has 0 spiro atoms. The Kier molecular flexibility index (Phi) is 4.10. The summed E-state index contributed by atoms with van der Waals surface area (Å²) in [5.41, 5.74) is 0.661. The second-order valence-electron chi connectivity index (χ2n) is 5.33. The molecule has 0 radical (unpaired) electrons. The third-order valence-corrected chi connectivity index (χ3v) is 5.01. The number of benzene rings is 1. The van der Waals surface area contributed by atoms with Gasteiger partial charge in [0.1, 0.15) is 5.60 Å². The smallest absolute Gasteiger partial charge is 0.258 e. The van der Waals surface area contributed by atoms with Crippen molar-refractivity contribution in [3.8, 4) is 0 Å². The Bertz CT molecular complexity index is 666. The highest BCUT2D eigenvalue weighted by Gasteiger charge is 2.38. The van der Waals surface area contributed by atoms with Crippen LogP contribution in [0.15, 0.2) is 23.1 Å². The van der Waals surface area contributed by atoms with Gasteiger partial charge in [0, 0.05) is 19.3 Å². The van der Waals surface area contributed by atoms with E-state index >= 15 is 0 Å². The van der Waals surface area contributed by atoms with Crippen LogP contribution in [0, 0.1) is 0 Å². The van der Waals surface area contributed by atoms with Crippen LogP contribution >= 0.6 is 0 Å². The van der Waals surface area contributed by atoms with Crippen molar-refractivity contribution in [2.24, 2.45) is 5.14 Å². The normalized spacial score (nSPS) is 17.4. The average molecular weight is 312 g/mol. The molecule has 2 N–H and O–H groups in total. The summed E-state index contributed by atoms with van der Waals surface area (Å²) >= 11 is 0. The molecule has 0 fully saturated rings. The zero-order valence-corrected chi connectivity index (χ0v) is 13.2. The largest absolute Gasteiger partial charge is 0.369 e. The molecule has 7 heteroatoms. The summed E-state index contributed by atoms with van der Waals surface area (Å²) in [6, 6.07) is 4.59. The molecule has 1 aliphatic heterocycles. The van der Waals surface area contributed by atoms with Crippen LogP contribution in [0.5, 0.6) is 0 Å². The van der Waals surface area contributed by atoms with Crippen molar-refractivity contribution in [2.75, 3.05) is 18.6 Å². The molecule has 1 atom stereocenters. The van der Waals surface area contributed by atoms with Crippen molar-refractivity contribution in [1.29, 1.82) is 0 Å². The number of hydrogen-bond donors (Lipinski definition) is 1. The van der Waals surface area contributed by atoms with Gasteiger partial charge in [-0.25, -0.2) is 13.6 Å². The molecule has 0 aromatic heterocycles. The lowest BCUT2D eigenvalue weighted by molar-refractivity contribution is -0.138. The fraction of sp³-hybridized carbons (Fsp3) is 0.500. The van der Waals surface area contributed by atoms with Gasteiger partial charge >= 0.3 is 0 Å². The first-order valence-electron chi connectivity index (χ1n) is 6.76. The van der Waals surface area contributed by atoms with Crippen molar-refractivity contribution in [2.45, 2.75) is 37.2 Å². The summed E-state index contributed by atoms with van der Waals surface area (Å²) in [6.45, 7) is 4.16. The van der Waals surface area contributed by atoms with E-state index in [0.717, 1.165) is 11.3 Å². The Morgan fingerprint density at radius 1 is 1.48 bits per heavy atom. The third kappa shape index (κ3) is 2.81. The van der Waals surface area contributed by atoms with Crippen LogP contribution < -0.4 is 10.0 Å². The molecule has 6 nitrogen and oxygen atoms in total. The first kappa shape index (κ1) is 15.9. The minimum atomic E-state index is -3.73. The predicted molar refractivity (Wildman–Crippen MR) is 79.6 cm³/mol. The summed E-state index contributed by atoms with van der Waals surface area (Å²) in [7, 11) is -2.21. The van der Waals surface area contributed by atoms with Crippen LogP contribution in [-0.2, 0) is 26.0 Å². The fourth-order valence-electron chi connectivity index (χ4n) is 2.43. The van der Waals surface area contributed by atoms with E-state index in [1.54, 1.807) is 17.9 Å². The summed E-state index contributed by atoms with van der Waals surface area (Å²) in [5.74, 6) is -0.116. The number of primary sulfonamides is 1. The second-order valence-corrected chi connectivity index (χ2v) is 6.89. The molecular formula is C14H20N2O4S. The lowest BCUT2D eigenvalue weighted by Gasteiger charge is -2.30. The Labute approximate surface area is 124 Å². The fourth-order valence-corrected chi connectivity index (χ4v) is 3.00. The Morgan fingerprint density at radius 3 is 2.67 bits per heavy atom. The lowest BCUT2D eigenvalue weighted by Crippen LogP contribution is -2.47. The second kappa shape index (κ2) is 5.40. The molecule has 1 aromatic rings. The Hall–Kier alpha value is -1.44. The van der Waals surface area contributed by atoms with Crippen LogP contribution in [0.3, 0.4) is 0 Å². The highest BCUT2D eigenvalue weighted by Crippen LogP contribution is 2.32. The number of anilines is 1. The molecule has 1 heterocycles. The molecule has 1 aromatic carbocycles. The number of ether oxygens (including phenoxy) is 1. The number of rotatable bonds is 4. The van der Waals surface area contributed by atoms with E-state index in [1.165, 1.54) is 19.2 Å². The summed E-state index contributed by atoms with van der Waals surface area (Å²) in [6.07, 6.45) is 1.16. The minimum absolute atomic E-state index is 0.0699. The van der Waals surface area contributed by atoms with E-state index in [0.29, 0.717) is 19.4 Å². The molecule has 21 heavy (non-hydrogen) atoms. The monoisotopic (exact) mass is 312 g/mol. The number of carbonyl (C=O) groups excluding carboxylic acids is 1. The predicted octanol–water partition coefficient (Wildman–Crippen LogP) is 1.04. The van der Waals surface area contributed by atoms with Crippen LogP contribution in [-0.4, -0.2) is 33.6 Å². The summed E-state index contributed by atoms with van der Waals surface area (Å²) < 4.78 is 28.1. The van der Waals surface area contributed by atoms with Gasteiger partial charge in [-0.2, -0.15) is 0 Å². The Balaban J connectivity index is 2.38. The molecule has 2 rings (SSSR count). The quantitative estimate of drug-likeness (QED) is 0.899.